The van der Waals surface area contributed by atoms with Gasteiger partial charge in [-0.15, -0.1) is 0 Å². The van der Waals surface area contributed by atoms with Gasteiger partial charge in [-0.3, -0.25) is 19.4 Å². The summed E-state index contributed by atoms with van der Waals surface area (Å²) in [6.07, 6.45) is -4.48. The van der Waals surface area contributed by atoms with Crippen LogP contribution in [0.25, 0.3) is 11.3 Å². The minimum absolute atomic E-state index is 0.0757. The molecule has 2 aromatic rings. The highest BCUT2D eigenvalue weighted by atomic mass is 19.4. The topological polar surface area (TPSA) is 105 Å². The summed E-state index contributed by atoms with van der Waals surface area (Å²) in [4.78, 5) is 24.9. The summed E-state index contributed by atoms with van der Waals surface area (Å²) in [7, 11) is 1.44. The van der Waals surface area contributed by atoms with E-state index in [0.717, 1.165) is 0 Å². The lowest BCUT2D eigenvalue weighted by atomic mass is 9.93. The summed E-state index contributed by atoms with van der Waals surface area (Å²) >= 11 is 0. The zero-order chi connectivity index (χ0) is 25.5. The molecule has 2 amide bonds. The first-order valence-corrected chi connectivity index (χ1v) is 10.7. The number of nitrogens with zero attached hydrogens (tertiary/aromatic N) is 2. The fourth-order valence-electron chi connectivity index (χ4n) is 3.58. The molecule has 0 saturated carbocycles. The van der Waals surface area contributed by atoms with Crippen LogP contribution in [-0.2, 0) is 29.9 Å². The minimum Gasteiger partial charge on any atom is -0.359 e. The van der Waals surface area contributed by atoms with Gasteiger partial charge in [-0.2, -0.15) is 13.2 Å². The van der Waals surface area contributed by atoms with Gasteiger partial charge in [-0.05, 0) is 29.8 Å². The highest BCUT2D eigenvalue weighted by Gasteiger charge is 2.38. The molecular formula is C24H24F3N5O3. The summed E-state index contributed by atoms with van der Waals surface area (Å²) in [6, 6.07) is 10.9. The number of benzene rings is 1. The number of alkyl halides is 3. The predicted octanol–water partition coefficient (Wildman–Crippen LogP) is 5.20. The van der Waals surface area contributed by atoms with Gasteiger partial charge in [0, 0.05) is 35.3 Å². The Kier molecular flexibility index (Phi) is 5.95. The van der Waals surface area contributed by atoms with Crippen molar-refractivity contribution in [1.82, 2.24) is 14.9 Å². The van der Waals surface area contributed by atoms with Crippen molar-refractivity contribution in [2.24, 2.45) is 7.05 Å². The van der Waals surface area contributed by atoms with Crippen LogP contribution < -0.4 is 10.6 Å². The maximum Gasteiger partial charge on any atom is 0.433 e. The third-order valence-corrected chi connectivity index (χ3v) is 5.42. The number of carbonyl (C=O) groups is 2. The Morgan fingerprint density at radius 3 is 2.34 bits per heavy atom. The van der Waals surface area contributed by atoms with Gasteiger partial charge in [0.2, 0.25) is 5.91 Å². The second-order valence-electron chi connectivity index (χ2n) is 9.29. The first kappa shape index (κ1) is 24.1. The summed E-state index contributed by atoms with van der Waals surface area (Å²) in [5, 5.41) is 11.5. The minimum atomic E-state index is -4.56. The van der Waals surface area contributed by atoms with E-state index in [1.807, 2.05) is 20.8 Å². The molecule has 0 radical (unpaired) electrons. The van der Waals surface area contributed by atoms with Gasteiger partial charge < -0.3 is 15.2 Å². The number of rotatable bonds is 5. The molecule has 1 aliphatic carbocycles. The molecule has 8 nitrogen and oxygen atoms in total. The Labute approximate surface area is 198 Å². The van der Waals surface area contributed by atoms with Gasteiger partial charge in [0.1, 0.15) is 11.5 Å². The maximum atomic E-state index is 13.2. The average molecular weight is 487 g/mol. The zero-order valence-corrected chi connectivity index (χ0v) is 19.5. The normalized spacial score (nSPS) is 12.2. The van der Waals surface area contributed by atoms with Crippen molar-refractivity contribution >= 4 is 23.3 Å². The predicted molar refractivity (Wildman–Crippen MR) is 123 cm³/mol. The second kappa shape index (κ2) is 8.64. The molecular weight excluding hydrogens is 463 g/mol. The van der Waals surface area contributed by atoms with Gasteiger partial charge in [-0.1, -0.05) is 38.1 Å². The number of aryl methyl sites for hydroxylation is 1. The molecule has 3 N–H and O–H groups in total. The van der Waals surface area contributed by atoms with E-state index in [4.69, 9.17) is 4.52 Å². The lowest BCUT2D eigenvalue weighted by molar-refractivity contribution is -0.140. The van der Waals surface area contributed by atoms with Crippen LogP contribution in [0.15, 0.2) is 47.0 Å². The van der Waals surface area contributed by atoms with E-state index in [-0.39, 0.29) is 34.6 Å². The summed E-state index contributed by atoms with van der Waals surface area (Å²) in [5.41, 5.74) is 0.305. The van der Waals surface area contributed by atoms with Crippen LogP contribution in [0.1, 0.15) is 48.1 Å². The van der Waals surface area contributed by atoms with Crippen LogP contribution in [0.5, 0.6) is 0 Å². The molecule has 35 heavy (non-hydrogen) atoms. The number of carbonyl (C=O) groups excluding carboxylic acids is 2. The quantitative estimate of drug-likeness (QED) is 0.360. The molecule has 0 atom stereocenters. The van der Waals surface area contributed by atoms with Crippen molar-refractivity contribution in [3.8, 4) is 11.3 Å². The number of aromatic amines is 1. The van der Waals surface area contributed by atoms with Gasteiger partial charge in [0.05, 0.1) is 12.1 Å². The monoisotopic (exact) mass is 487 g/mol. The fraction of sp³-hybridized carbons (Fsp3) is 0.292. The molecule has 0 fully saturated rings. The maximum absolute atomic E-state index is 13.2. The Balaban J connectivity index is 1.39. The van der Waals surface area contributed by atoms with E-state index in [0.29, 0.717) is 22.8 Å². The number of anilines is 2. The molecule has 1 aliphatic heterocycles. The summed E-state index contributed by atoms with van der Waals surface area (Å²) < 4.78 is 46.1. The molecule has 2 aliphatic rings. The number of hydrogen-bond acceptors (Lipinski definition) is 4. The van der Waals surface area contributed by atoms with E-state index in [9.17, 15) is 22.8 Å². The van der Waals surface area contributed by atoms with Crippen LogP contribution in [0, 0.1) is 0 Å². The largest absolute Gasteiger partial charge is 0.433 e. The van der Waals surface area contributed by atoms with E-state index >= 15 is 0 Å². The molecule has 2 heterocycles. The summed E-state index contributed by atoms with van der Waals surface area (Å²) in [6.45, 7) is 5.91. The fourth-order valence-corrected chi connectivity index (χ4v) is 3.58. The SMILES string of the molecule is Cn1[nH]c(C(F)(F)F)c2cc(C(=O)Nc3ccc(CC(=O)Nc4cc(C(C)(C)C)on4)cc3)cc1-2. The van der Waals surface area contributed by atoms with E-state index in [1.165, 1.54) is 23.9 Å². The van der Waals surface area contributed by atoms with Gasteiger partial charge in [0.15, 0.2) is 5.82 Å². The van der Waals surface area contributed by atoms with Crippen molar-refractivity contribution < 1.29 is 27.3 Å². The van der Waals surface area contributed by atoms with Crippen LogP contribution in [0.4, 0.5) is 24.7 Å². The van der Waals surface area contributed by atoms with Crippen molar-refractivity contribution in [1.29, 1.82) is 0 Å². The van der Waals surface area contributed by atoms with Crippen molar-refractivity contribution in [2.75, 3.05) is 10.6 Å². The van der Waals surface area contributed by atoms with Gasteiger partial charge >= 0.3 is 6.18 Å². The lowest BCUT2D eigenvalue weighted by Gasteiger charge is -2.12. The smallest absolute Gasteiger partial charge is 0.359 e. The van der Waals surface area contributed by atoms with Gasteiger partial charge in [0.25, 0.3) is 5.91 Å². The molecule has 0 unspecified atom stereocenters. The Bertz CT molecular complexity index is 1340. The molecule has 1 aromatic heterocycles. The highest BCUT2D eigenvalue weighted by molar-refractivity contribution is 6.06. The third-order valence-electron chi connectivity index (χ3n) is 5.42. The van der Waals surface area contributed by atoms with Gasteiger partial charge in [-0.25, -0.2) is 0 Å². The van der Waals surface area contributed by atoms with Crippen LogP contribution in [0.2, 0.25) is 0 Å². The van der Waals surface area contributed by atoms with Crippen molar-refractivity contribution in [3.05, 3.63) is 65.0 Å². The Morgan fingerprint density at radius 1 is 1.06 bits per heavy atom. The van der Waals surface area contributed by atoms with Crippen molar-refractivity contribution in [3.63, 3.8) is 0 Å². The summed E-state index contributed by atoms with van der Waals surface area (Å²) in [5.74, 6) is 0.160. The Hall–Kier alpha value is -4.02. The molecule has 1 aromatic carbocycles. The molecule has 184 valence electrons. The van der Waals surface area contributed by atoms with E-state index in [2.05, 4.69) is 20.9 Å². The first-order valence-electron chi connectivity index (χ1n) is 10.7. The first-order chi connectivity index (χ1) is 16.3. The number of aromatic nitrogens is 3. The molecule has 0 spiro atoms. The number of hydrogen-bond donors (Lipinski definition) is 3. The number of H-pyrrole nitrogens is 1. The number of amides is 2. The molecule has 4 rings (SSSR count). The molecule has 11 heteroatoms. The molecule has 0 saturated heterocycles. The van der Waals surface area contributed by atoms with Crippen molar-refractivity contribution in [2.45, 2.75) is 38.8 Å². The second-order valence-corrected chi connectivity index (χ2v) is 9.29. The lowest BCUT2D eigenvalue weighted by Crippen LogP contribution is -2.15. The number of fused-ring (bicyclic) bond motifs is 1. The van der Waals surface area contributed by atoms with Crippen LogP contribution in [-0.4, -0.2) is 26.8 Å². The Morgan fingerprint density at radius 2 is 1.74 bits per heavy atom. The number of halogens is 3. The highest BCUT2D eigenvalue weighted by Crippen LogP contribution is 2.39. The third kappa shape index (κ3) is 5.23. The van der Waals surface area contributed by atoms with Crippen LogP contribution >= 0.6 is 0 Å². The van der Waals surface area contributed by atoms with Crippen LogP contribution in [0.3, 0.4) is 0 Å². The number of nitrogens with one attached hydrogen (secondary N) is 3. The van der Waals surface area contributed by atoms with E-state index in [1.54, 1.807) is 30.3 Å². The standard InChI is InChI=1S/C24H24F3N5O3/c1-23(2,3)18-12-19(31-35-18)29-20(33)9-13-5-7-15(8-6-13)28-22(34)14-10-16-17(11-14)32(4)30-21(16)24(25,26)27/h5-8,10-12,30H,9H2,1-4H3,(H,28,34)(H,29,31,33). The average Bonchev–Trinajstić information content (AvgIpc) is 3.45. The van der Waals surface area contributed by atoms with E-state index < -0.39 is 17.8 Å². The zero-order valence-electron chi connectivity index (χ0n) is 19.5. The molecule has 0 bridgehead atoms.